The van der Waals surface area contributed by atoms with Crippen LogP contribution in [0.2, 0.25) is 0 Å². The van der Waals surface area contributed by atoms with Crippen molar-refractivity contribution < 1.29 is 9.23 Å². The first-order valence-electron chi connectivity index (χ1n) is 4.12. The lowest BCUT2D eigenvalue weighted by Gasteiger charge is -2.07. The smallest absolute Gasteiger partial charge is 0.133 e. The molecule has 1 aromatic rings. The van der Waals surface area contributed by atoms with Crippen LogP contribution in [0.4, 0.5) is 4.39 Å². The molecule has 1 aliphatic heterocycles. The summed E-state index contributed by atoms with van der Waals surface area (Å²) in [6.45, 7) is 1.88. The third-order valence-electron chi connectivity index (χ3n) is 1.96. The lowest BCUT2D eigenvalue weighted by Crippen LogP contribution is -2.07. The normalized spacial score (nSPS) is 21.1. The van der Waals surface area contributed by atoms with Crippen molar-refractivity contribution in [3.8, 4) is 0 Å². The molecule has 0 amide bonds. The molecular weight excluding hydrogens is 169 g/mol. The minimum Gasteiger partial charge on any atom is -0.271 e. The molecule has 0 radical (unpaired) electrons. The van der Waals surface area contributed by atoms with E-state index in [2.05, 4.69) is 5.48 Å². The molecule has 1 heterocycles. The number of allylic oxidation sites excluding steroid dienone is 1. The number of rotatable bonds is 1. The molecule has 1 atom stereocenters. The van der Waals surface area contributed by atoms with Crippen molar-refractivity contribution in [2.24, 2.45) is 0 Å². The van der Waals surface area contributed by atoms with Crippen LogP contribution in [-0.2, 0) is 4.84 Å². The molecule has 0 fully saturated rings. The van der Waals surface area contributed by atoms with Gasteiger partial charge in [-0.05, 0) is 19.1 Å². The molecule has 13 heavy (non-hydrogen) atoms. The first-order chi connectivity index (χ1) is 6.27. The van der Waals surface area contributed by atoms with Crippen LogP contribution in [0.3, 0.4) is 0 Å². The Labute approximate surface area is 76.0 Å². The fourth-order valence-electron chi connectivity index (χ4n) is 1.31. The zero-order chi connectivity index (χ0) is 9.26. The fraction of sp³-hybridized carbons (Fsp3) is 0.200. The standard InChI is InChI=1S/C10H10FNO/c1-7-6-10(13-12-7)8-4-2-3-5-9(8)11/h2-6,10,12H,1H3/t10-/m1/s1. The van der Waals surface area contributed by atoms with Crippen LogP contribution < -0.4 is 5.48 Å². The summed E-state index contributed by atoms with van der Waals surface area (Å²) in [5.41, 5.74) is 4.16. The molecule has 0 spiro atoms. The maximum Gasteiger partial charge on any atom is 0.133 e. The minimum atomic E-state index is -0.304. The van der Waals surface area contributed by atoms with Crippen LogP contribution in [0, 0.1) is 5.82 Å². The van der Waals surface area contributed by atoms with Gasteiger partial charge >= 0.3 is 0 Å². The van der Waals surface area contributed by atoms with E-state index in [-0.39, 0.29) is 11.9 Å². The minimum absolute atomic E-state index is 0.236. The summed E-state index contributed by atoms with van der Waals surface area (Å²) in [6.07, 6.45) is 1.54. The summed E-state index contributed by atoms with van der Waals surface area (Å²) in [7, 11) is 0. The molecule has 3 heteroatoms. The summed E-state index contributed by atoms with van der Waals surface area (Å²) < 4.78 is 13.2. The van der Waals surface area contributed by atoms with E-state index in [1.807, 2.05) is 13.0 Å². The largest absolute Gasteiger partial charge is 0.271 e. The van der Waals surface area contributed by atoms with E-state index in [4.69, 9.17) is 4.84 Å². The highest BCUT2D eigenvalue weighted by Gasteiger charge is 2.18. The Morgan fingerprint density at radius 1 is 1.38 bits per heavy atom. The van der Waals surface area contributed by atoms with Gasteiger partial charge in [0.1, 0.15) is 11.9 Å². The van der Waals surface area contributed by atoms with Gasteiger partial charge in [0.15, 0.2) is 0 Å². The van der Waals surface area contributed by atoms with Crippen molar-refractivity contribution in [1.29, 1.82) is 0 Å². The maximum absolute atomic E-state index is 13.2. The number of halogens is 1. The van der Waals surface area contributed by atoms with Crippen LogP contribution in [0.5, 0.6) is 0 Å². The van der Waals surface area contributed by atoms with Crippen molar-refractivity contribution >= 4 is 0 Å². The van der Waals surface area contributed by atoms with Gasteiger partial charge in [0.05, 0.1) is 0 Å². The molecular formula is C10H10FNO. The maximum atomic E-state index is 13.2. The Morgan fingerprint density at radius 3 is 2.77 bits per heavy atom. The topological polar surface area (TPSA) is 21.3 Å². The second kappa shape index (κ2) is 3.18. The van der Waals surface area contributed by atoms with E-state index in [1.165, 1.54) is 6.07 Å². The molecule has 68 valence electrons. The monoisotopic (exact) mass is 179 g/mol. The number of hydrogen-bond donors (Lipinski definition) is 1. The molecule has 2 nitrogen and oxygen atoms in total. The second-order valence-electron chi connectivity index (χ2n) is 3.01. The average Bonchev–Trinajstić information content (AvgIpc) is 2.53. The number of nitrogens with one attached hydrogen (secondary N) is 1. The number of benzene rings is 1. The van der Waals surface area contributed by atoms with Crippen molar-refractivity contribution in [2.75, 3.05) is 0 Å². The van der Waals surface area contributed by atoms with Crippen LogP contribution >= 0.6 is 0 Å². The molecule has 0 aliphatic carbocycles. The molecule has 0 saturated heterocycles. The molecule has 0 saturated carbocycles. The SMILES string of the molecule is CC1=C[C@H](c2ccccc2F)ON1. The Kier molecular flexibility index (Phi) is 2.02. The first-order valence-corrected chi connectivity index (χ1v) is 4.12. The summed E-state index contributed by atoms with van der Waals surface area (Å²) in [4.78, 5) is 5.15. The third-order valence-corrected chi connectivity index (χ3v) is 1.96. The second-order valence-corrected chi connectivity index (χ2v) is 3.01. The van der Waals surface area contributed by atoms with Crippen LogP contribution in [0.25, 0.3) is 0 Å². The Morgan fingerprint density at radius 2 is 2.15 bits per heavy atom. The van der Waals surface area contributed by atoms with Gasteiger partial charge < -0.3 is 0 Å². The molecule has 0 unspecified atom stereocenters. The Balaban J connectivity index is 2.31. The van der Waals surface area contributed by atoms with Crippen molar-refractivity contribution in [3.63, 3.8) is 0 Å². The van der Waals surface area contributed by atoms with Crippen molar-refractivity contribution in [3.05, 3.63) is 47.4 Å². The lowest BCUT2D eigenvalue weighted by molar-refractivity contribution is 0.0402. The van der Waals surface area contributed by atoms with Gasteiger partial charge in [-0.15, -0.1) is 0 Å². The van der Waals surface area contributed by atoms with E-state index in [0.717, 1.165) is 5.70 Å². The number of hydrogen-bond acceptors (Lipinski definition) is 2. The molecule has 0 bridgehead atoms. The van der Waals surface area contributed by atoms with Gasteiger partial charge in [-0.3, -0.25) is 10.3 Å². The highest BCUT2D eigenvalue weighted by atomic mass is 19.1. The van der Waals surface area contributed by atoms with Gasteiger partial charge in [-0.25, -0.2) is 4.39 Å². The van der Waals surface area contributed by atoms with Gasteiger partial charge in [0.2, 0.25) is 0 Å². The summed E-state index contributed by atoms with van der Waals surface area (Å²) in [5.74, 6) is -0.236. The van der Waals surface area contributed by atoms with E-state index in [9.17, 15) is 4.39 Å². The highest BCUT2D eigenvalue weighted by Crippen LogP contribution is 2.25. The molecule has 1 aromatic carbocycles. The summed E-state index contributed by atoms with van der Waals surface area (Å²) in [6, 6.07) is 6.61. The van der Waals surface area contributed by atoms with Crippen LogP contribution in [0.15, 0.2) is 36.0 Å². The fourth-order valence-corrected chi connectivity index (χ4v) is 1.31. The van der Waals surface area contributed by atoms with Crippen LogP contribution in [-0.4, -0.2) is 0 Å². The Bertz CT molecular complexity index is 349. The van der Waals surface area contributed by atoms with Gasteiger partial charge in [-0.1, -0.05) is 18.2 Å². The van der Waals surface area contributed by atoms with Crippen LogP contribution in [0.1, 0.15) is 18.6 Å². The van der Waals surface area contributed by atoms with Gasteiger partial charge in [0.25, 0.3) is 0 Å². The average molecular weight is 179 g/mol. The predicted octanol–water partition coefficient (Wildman–Crippen LogP) is 2.31. The van der Waals surface area contributed by atoms with E-state index in [0.29, 0.717) is 5.56 Å². The molecule has 1 N–H and O–H groups in total. The molecule has 2 rings (SSSR count). The molecule has 0 aromatic heterocycles. The zero-order valence-electron chi connectivity index (χ0n) is 7.25. The highest BCUT2D eigenvalue weighted by molar-refractivity contribution is 5.25. The third kappa shape index (κ3) is 1.55. The molecule has 1 aliphatic rings. The van der Waals surface area contributed by atoms with Gasteiger partial charge in [-0.2, -0.15) is 0 Å². The summed E-state index contributed by atoms with van der Waals surface area (Å²) in [5, 5.41) is 0. The predicted molar refractivity (Wildman–Crippen MR) is 47.1 cm³/mol. The van der Waals surface area contributed by atoms with Crippen molar-refractivity contribution in [2.45, 2.75) is 13.0 Å². The first kappa shape index (κ1) is 8.26. The van der Waals surface area contributed by atoms with Crippen molar-refractivity contribution in [1.82, 2.24) is 5.48 Å². The zero-order valence-corrected chi connectivity index (χ0v) is 7.25. The number of hydroxylamine groups is 1. The van der Waals surface area contributed by atoms with E-state index in [1.54, 1.807) is 18.2 Å². The van der Waals surface area contributed by atoms with E-state index >= 15 is 0 Å². The lowest BCUT2D eigenvalue weighted by atomic mass is 10.1. The Hall–Kier alpha value is -1.35. The van der Waals surface area contributed by atoms with Gasteiger partial charge in [0, 0.05) is 11.3 Å². The van der Waals surface area contributed by atoms with E-state index < -0.39 is 0 Å². The quantitative estimate of drug-likeness (QED) is 0.714. The summed E-state index contributed by atoms with van der Waals surface area (Å²) >= 11 is 0.